The van der Waals surface area contributed by atoms with E-state index in [9.17, 15) is 9.59 Å². The van der Waals surface area contributed by atoms with Crippen LogP contribution in [-0.2, 0) is 9.59 Å². The molecule has 3 fully saturated rings. The van der Waals surface area contributed by atoms with Crippen LogP contribution in [0.4, 0.5) is 0 Å². The van der Waals surface area contributed by atoms with Crippen molar-refractivity contribution in [2.45, 2.75) is 51.5 Å². The molecule has 158 valence electrons. The minimum absolute atomic E-state index is 0.0364. The molecule has 29 heavy (non-hydrogen) atoms. The molecule has 1 aromatic rings. The Kier molecular flexibility index (Phi) is 5.64. The normalized spacial score (nSPS) is 26.6. The molecule has 3 aliphatic rings. The molecule has 0 radical (unpaired) electrons. The number of rotatable bonds is 4. The lowest BCUT2D eigenvalue weighted by atomic mass is 9.93. The molecule has 2 aliphatic heterocycles. The standard InChI is InChI=1S/C23H32ClN3O2/c1-15-12-17(4-5-19(15)24)18-13-27(14-20(18)25-3)21(28)16-6-10-26(11-7-16)22(29)23(2)8-9-23/h4-5,12,16,18,20,25H,6-11,13-14H2,1-3H3/t18-,20+/m1/s1. The van der Waals surface area contributed by atoms with E-state index in [4.69, 9.17) is 11.6 Å². The molecule has 0 unspecified atom stereocenters. The Hall–Kier alpha value is -1.59. The molecule has 2 heterocycles. The predicted molar refractivity (Wildman–Crippen MR) is 115 cm³/mol. The van der Waals surface area contributed by atoms with E-state index in [2.05, 4.69) is 24.4 Å². The van der Waals surface area contributed by atoms with Gasteiger partial charge in [-0.1, -0.05) is 30.7 Å². The predicted octanol–water partition coefficient (Wildman–Crippen LogP) is 3.20. The van der Waals surface area contributed by atoms with Crippen LogP contribution in [0.5, 0.6) is 0 Å². The summed E-state index contributed by atoms with van der Waals surface area (Å²) in [6.45, 7) is 6.99. The molecule has 0 aromatic heterocycles. The van der Waals surface area contributed by atoms with Crippen molar-refractivity contribution in [2.75, 3.05) is 33.2 Å². The minimum atomic E-state index is -0.115. The van der Waals surface area contributed by atoms with Crippen molar-refractivity contribution in [3.63, 3.8) is 0 Å². The highest BCUT2D eigenvalue weighted by Crippen LogP contribution is 2.47. The van der Waals surface area contributed by atoms with E-state index in [0.717, 1.165) is 49.4 Å². The van der Waals surface area contributed by atoms with Gasteiger partial charge in [-0.05, 0) is 56.8 Å². The Morgan fingerprint density at radius 3 is 2.41 bits per heavy atom. The van der Waals surface area contributed by atoms with Crippen molar-refractivity contribution >= 4 is 23.4 Å². The van der Waals surface area contributed by atoms with Crippen molar-refractivity contribution in [3.8, 4) is 0 Å². The average molecular weight is 418 g/mol. The lowest BCUT2D eigenvalue weighted by Crippen LogP contribution is -2.46. The Morgan fingerprint density at radius 1 is 1.14 bits per heavy atom. The van der Waals surface area contributed by atoms with E-state index < -0.39 is 0 Å². The van der Waals surface area contributed by atoms with Crippen LogP contribution >= 0.6 is 11.6 Å². The summed E-state index contributed by atoms with van der Waals surface area (Å²) in [7, 11) is 1.97. The third-order valence-corrected chi connectivity index (χ3v) is 7.68. The molecular weight excluding hydrogens is 386 g/mol. The number of nitrogens with one attached hydrogen (secondary N) is 1. The number of piperidine rings is 1. The monoisotopic (exact) mass is 417 g/mol. The molecule has 2 atom stereocenters. The molecule has 5 nitrogen and oxygen atoms in total. The van der Waals surface area contributed by atoms with Gasteiger partial charge in [-0.3, -0.25) is 9.59 Å². The number of hydrogen-bond donors (Lipinski definition) is 1. The largest absolute Gasteiger partial charge is 0.342 e. The first-order chi connectivity index (χ1) is 13.8. The van der Waals surface area contributed by atoms with E-state index in [1.807, 2.05) is 29.8 Å². The van der Waals surface area contributed by atoms with Gasteiger partial charge in [0.15, 0.2) is 0 Å². The smallest absolute Gasteiger partial charge is 0.228 e. The van der Waals surface area contributed by atoms with E-state index in [1.165, 1.54) is 5.56 Å². The number of benzene rings is 1. The van der Waals surface area contributed by atoms with Crippen LogP contribution < -0.4 is 5.32 Å². The summed E-state index contributed by atoms with van der Waals surface area (Å²) in [6, 6.07) is 6.43. The second-order valence-corrected chi connectivity index (χ2v) is 9.79. The molecule has 0 bridgehead atoms. The number of halogens is 1. The molecule has 1 saturated carbocycles. The van der Waals surface area contributed by atoms with Gasteiger partial charge in [0, 0.05) is 54.5 Å². The Bertz CT molecular complexity index is 799. The first kappa shape index (κ1) is 20.7. The van der Waals surface area contributed by atoms with Gasteiger partial charge in [0.05, 0.1) is 0 Å². The fraction of sp³-hybridized carbons (Fsp3) is 0.652. The van der Waals surface area contributed by atoms with Crippen molar-refractivity contribution in [1.29, 1.82) is 0 Å². The summed E-state index contributed by atoms with van der Waals surface area (Å²) < 4.78 is 0. The van der Waals surface area contributed by atoms with Crippen LogP contribution in [0, 0.1) is 18.3 Å². The second-order valence-electron chi connectivity index (χ2n) is 9.38. The molecule has 1 N–H and O–H groups in total. The number of likely N-dealkylation sites (tertiary alicyclic amines) is 2. The molecule has 6 heteroatoms. The van der Waals surface area contributed by atoms with Gasteiger partial charge in [0.25, 0.3) is 0 Å². The molecular formula is C23H32ClN3O2. The van der Waals surface area contributed by atoms with Crippen LogP contribution in [0.25, 0.3) is 0 Å². The SMILES string of the molecule is CN[C@H]1CN(C(=O)C2CCN(C(=O)C3(C)CC3)CC2)C[C@@H]1c1ccc(Cl)c(C)c1. The maximum atomic E-state index is 13.2. The number of aryl methyl sites for hydroxylation is 1. The van der Waals surface area contributed by atoms with Gasteiger partial charge in [-0.15, -0.1) is 0 Å². The summed E-state index contributed by atoms with van der Waals surface area (Å²) in [5.74, 6) is 0.854. The fourth-order valence-electron chi connectivity index (χ4n) is 4.88. The number of nitrogens with zero attached hydrogens (tertiary/aromatic N) is 2. The van der Waals surface area contributed by atoms with Crippen LogP contribution in [0.1, 0.15) is 49.7 Å². The third-order valence-electron chi connectivity index (χ3n) is 7.26. The minimum Gasteiger partial charge on any atom is -0.342 e. The van der Waals surface area contributed by atoms with Gasteiger partial charge in [0.1, 0.15) is 0 Å². The van der Waals surface area contributed by atoms with Crippen LogP contribution in [0.15, 0.2) is 18.2 Å². The highest BCUT2D eigenvalue weighted by Gasteiger charge is 2.48. The van der Waals surface area contributed by atoms with Gasteiger partial charge in [-0.2, -0.15) is 0 Å². The summed E-state index contributed by atoms with van der Waals surface area (Å²) in [4.78, 5) is 29.8. The maximum Gasteiger partial charge on any atom is 0.228 e. The maximum absolute atomic E-state index is 13.2. The topological polar surface area (TPSA) is 52.7 Å². The lowest BCUT2D eigenvalue weighted by Gasteiger charge is -2.34. The first-order valence-electron chi connectivity index (χ1n) is 10.8. The molecule has 1 aromatic carbocycles. The number of amides is 2. The summed E-state index contributed by atoms with van der Waals surface area (Å²) in [5.41, 5.74) is 2.19. The van der Waals surface area contributed by atoms with Gasteiger partial charge < -0.3 is 15.1 Å². The quantitative estimate of drug-likeness (QED) is 0.818. The summed E-state index contributed by atoms with van der Waals surface area (Å²) >= 11 is 6.20. The van der Waals surface area contributed by atoms with Crippen LogP contribution in [-0.4, -0.2) is 60.9 Å². The van der Waals surface area contributed by atoms with E-state index in [1.54, 1.807) is 0 Å². The highest BCUT2D eigenvalue weighted by molar-refractivity contribution is 6.31. The molecule has 1 aliphatic carbocycles. The Morgan fingerprint density at radius 2 is 1.83 bits per heavy atom. The Labute approximate surface area is 178 Å². The van der Waals surface area contributed by atoms with Crippen molar-refractivity contribution in [1.82, 2.24) is 15.1 Å². The van der Waals surface area contributed by atoms with Crippen LogP contribution in [0.3, 0.4) is 0 Å². The number of carbonyl (C=O) groups excluding carboxylic acids is 2. The number of carbonyl (C=O) groups is 2. The zero-order chi connectivity index (χ0) is 20.8. The zero-order valence-corrected chi connectivity index (χ0v) is 18.5. The molecule has 2 amide bonds. The van der Waals surface area contributed by atoms with Gasteiger partial charge in [-0.25, -0.2) is 0 Å². The van der Waals surface area contributed by atoms with Crippen molar-refractivity contribution in [3.05, 3.63) is 34.3 Å². The Balaban J connectivity index is 1.38. The van der Waals surface area contributed by atoms with E-state index in [0.29, 0.717) is 13.1 Å². The lowest BCUT2D eigenvalue weighted by molar-refractivity contribution is -0.142. The second kappa shape index (κ2) is 7.92. The highest BCUT2D eigenvalue weighted by atomic mass is 35.5. The molecule has 0 spiro atoms. The summed E-state index contributed by atoms with van der Waals surface area (Å²) in [6.07, 6.45) is 3.59. The van der Waals surface area contributed by atoms with E-state index >= 15 is 0 Å². The third kappa shape index (κ3) is 4.04. The zero-order valence-electron chi connectivity index (χ0n) is 17.7. The van der Waals surface area contributed by atoms with Crippen molar-refractivity contribution in [2.24, 2.45) is 11.3 Å². The summed E-state index contributed by atoms with van der Waals surface area (Å²) in [5, 5.41) is 4.18. The first-order valence-corrected chi connectivity index (χ1v) is 11.2. The fourth-order valence-corrected chi connectivity index (χ4v) is 5.00. The van der Waals surface area contributed by atoms with Gasteiger partial charge >= 0.3 is 0 Å². The van der Waals surface area contributed by atoms with Crippen LogP contribution in [0.2, 0.25) is 5.02 Å². The number of likely N-dealkylation sites (N-methyl/N-ethyl adjacent to an activating group) is 1. The average Bonchev–Trinajstić information content (AvgIpc) is 3.34. The number of hydrogen-bond acceptors (Lipinski definition) is 3. The van der Waals surface area contributed by atoms with Crippen molar-refractivity contribution < 1.29 is 9.59 Å². The van der Waals surface area contributed by atoms with Gasteiger partial charge in [0.2, 0.25) is 11.8 Å². The molecule has 4 rings (SSSR count). The molecule has 2 saturated heterocycles. The van der Waals surface area contributed by atoms with E-state index in [-0.39, 0.29) is 35.1 Å².